The number of carbonyl (C=O) groups is 1. The summed E-state index contributed by atoms with van der Waals surface area (Å²) in [5.74, 6) is -1.27. The highest BCUT2D eigenvalue weighted by Crippen LogP contribution is 2.23. The second-order valence-corrected chi connectivity index (χ2v) is 8.82. The zero-order chi connectivity index (χ0) is 22.6. The van der Waals surface area contributed by atoms with Crippen molar-refractivity contribution >= 4 is 27.8 Å². The summed E-state index contributed by atoms with van der Waals surface area (Å²) >= 11 is 0. The zero-order valence-electron chi connectivity index (χ0n) is 17.5. The van der Waals surface area contributed by atoms with Crippen molar-refractivity contribution in [3.63, 3.8) is 0 Å². The Kier molecular flexibility index (Phi) is 7.26. The number of anilines is 2. The summed E-state index contributed by atoms with van der Waals surface area (Å²) in [5, 5.41) is 2.85. The largest absolute Gasteiger partial charge is 0.431 e. The van der Waals surface area contributed by atoms with Crippen molar-refractivity contribution in [3.05, 3.63) is 41.0 Å². The van der Waals surface area contributed by atoms with Gasteiger partial charge in [0.05, 0.1) is 19.3 Å². The van der Waals surface area contributed by atoms with Crippen LogP contribution >= 0.6 is 0 Å². The summed E-state index contributed by atoms with van der Waals surface area (Å²) in [6, 6.07) is 2.92. The molecule has 31 heavy (non-hydrogen) atoms. The van der Waals surface area contributed by atoms with E-state index in [2.05, 4.69) is 10.3 Å². The molecule has 0 aliphatic carbocycles. The molecule has 1 aromatic carbocycles. The summed E-state index contributed by atoms with van der Waals surface area (Å²) in [6.45, 7) is 4.17. The maximum absolute atomic E-state index is 13.6. The predicted octanol–water partition coefficient (Wildman–Crippen LogP) is 1.89. The third-order valence-corrected chi connectivity index (χ3v) is 6.28. The molecule has 1 fully saturated rings. The number of halogens is 1. The van der Waals surface area contributed by atoms with E-state index in [1.54, 1.807) is 27.0 Å². The number of oxazole rings is 1. The van der Waals surface area contributed by atoms with E-state index in [1.165, 1.54) is 6.07 Å². The maximum atomic E-state index is 13.6. The Hall–Kier alpha value is -2.54. The summed E-state index contributed by atoms with van der Waals surface area (Å²) in [7, 11) is -2.55. The summed E-state index contributed by atoms with van der Waals surface area (Å²) in [5.41, 5.74) is 1.38. The van der Waals surface area contributed by atoms with Crippen molar-refractivity contribution in [3.8, 4) is 0 Å². The molecule has 3 rings (SSSR count). The lowest BCUT2D eigenvalue weighted by molar-refractivity contribution is 0.00560. The molecule has 2 aromatic rings. The Morgan fingerprint density at radius 2 is 2.10 bits per heavy atom. The number of benzene rings is 1. The molecule has 0 spiro atoms. The average Bonchev–Trinajstić information content (AvgIpc) is 3.03. The smallest absolute Gasteiger partial charge is 0.304 e. The number of aryl methyl sites for hydroxylation is 2. The number of carbonyl (C=O) groups excluding carboxylic acids is 1. The van der Waals surface area contributed by atoms with Gasteiger partial charge in [-0.25, -0.2) is 9.11 Å². The zero-order valence-corrected chi connectivity index (χ0v) is 18.3. The van der Waals surface area contributed by atoms with Crippen LogP contribution in [-0.4, -0.2) is 63.1 Å². The number of nitrogens with one attached hydrogen (secondary N) is 2. The third-order valence-electron chi connectivity index (χ3n) is 4.79. The van der Waals surface area contributed by atoms with Crippen molar-refractivity contribution in [1.82, 2.24) is 14.0 Å². The van der Waals surface area contributed by atoms with Crippen LogP contribution in [0.4, 0.5) is 16.1 Å². The van der Waals surface area contributed by atoms with E-state index in [-0.39, 0.29) is 43.3 Å². The molecule has 0 bridgehead atoms. The molecule has 0 saturated carbocycles. The van der Waals surface area contributed by atoms with Gasteiger partial charge in [0, 0.05) is 25.9 Å². The molecular formula is C19H25FN4O6S. The number of nitrogens with zero attached hydrogens (tertiary/aromatic N) is 2. The molecule has 1 aliphatic rings. The number of aromatic nitrogens is 1. The summed E-state index contributed by atoms with van der Waals surface area (Å²) in [4.78, 5) is 16.4. The highest BCUT2D eigenvalue weighted by molar-refractivity contribution is 7.87. The van der Waals surface area contributed by atoms with Gasteiger partial charge in [-0.1, -0.05) is 0 Å². The number of hydrogen-bond acceptors (Lipinski definition) is 8. The molecule has 1 aliphatic heterocycles. The van der Waals surface area contributed by atoms with E-state index in [1.807, 2.05) is 4.72 Å². The third kappa shape index (κ3) is 5.79. The molecule has 170 valence electrons. The second-order valence-electron chi connectivity index (χ2n) is 7.15. The van der Waals surface area contributed by atoms with Gasteiger partial charge in [-0.15, -0.1) is 0 Å². The highest BCUT2D eigenvalue weighted by Gasteiger charge is 2.29. The Balaban J connectivity index is 1.64. The lowest BCUT2D eigenvalue weighted by atomic mass is 10.1. The van der Waals surface area contributed by atoms with E-state index in [9.17, 15) is 17.6 Å². The van der Waals surface area contributed by atoms with Crippen LogP contribution in [-0.2, 0) is 19.7 Å². The molecule has 2 heterocycles. The van der Waals surface area contributed by atoms with Crippen LogP contribution < -0.4 is 10.0 Å². The van der Waals surface area contributed by atoms with Gasteiger partial charge in [0.15, 0.2) is 5.69 Å². The van der Waals surface area contributed by atoms with Gasteiger partial charge in [0.25, 0.3) is 11.9 Å². The second kappa shape index (κ2) is 9.73. The molecular weight excluding hydrogens is 431 g/mol. The fraction of sp³-hybridized carbons (Fsp3) is 0.474. The molecule has 0 radical (unpaired) electrons. The SMILES string of the molecule is COC[C@@H]1CCN(S(=O)(=O)NC(=O)c2coc(Nc3cc(C)c(F)cc3C)n2)CCO1. The summed E-state index contributed by atoms with van der Waals surface area (Å²) < 4.78 is 57.7. The Bertz CT molecular complexity index is 1040. The van der Waals surface area contributed by atoms with Gasteiger partial charge < -0.3 is 19.2 Å². The molecule has 0 unspecified atom stereocenters. The first-order valence-electron chi connectivity index (χ1n) is 9.61. The van der Waals surface area contributed by atoms with E-state index < -0.39 is 16.1 Å². The Morgan fingerprint density at radius 3 is 2.84 bits per heavy atom. The highest BCUT2D eigenvalue weighted by atomic mass is 32.2. The molecule has 12 heteroatoms. The molecule has 1 amide bonds. The van der Waals surface area contributed by atoms with Gasteiger partial charge >= 0.3 is 10.2 Å². The lowest BCUT2D eigenvalue weighted by Gasteiger charge is -2.19. The number of amides is 1. The first-order chi connectivity index (χ1) is 14.7. The van der Waals surface area contributed by atoms with Gasteiger partial charge in [-0.05, 0) is 43.5 Å². The molecule has 1 saturated heterocycles. The van der Waals surface area contributed by atoms with Crippen LogP contribution in [0, 0.1) is 19.7 Å². The minimum absolute atomic E-state index is 0.0257. The van der Waals surface area contributed by atoms with Crippen LogP contribution in [0.5, 0.6) is 0 Å². The number of rotatable bonds is 7. The fourth-order valence-electron chi connectivity index (χ4n) is 3.06. The van der Waals surface area contributed by atoms with Crippen LogP contribution in [0.25, 0.3) is 0 Å². The van der Waals surface area contributed by atoms with E-state index in [0.717, 1.165) is 10.6 Å². The van der Waals surface area contributed by atoms with E-state index >= 15 is 0 Å². The fourth-order valence-corrected chi connectivity index (χ4v) is 4.19. The minimum Gasteiger partial charge on any atom is -0.431 e. The van der Waals surface area contributed by atoms with Crippen LogP contribution in [0.2, 0.25) is 0 Å². The minimum atomic E-state index is -4.09. The molecule has 2 N–H and O–H groups in total. The molecule has 10 nitrogen and oxygen atoms in total. The van der Waals surface area contributed by atoms with Crippen molar-refractivity contribution in [2.24, 2.45) is 0 Å². The number of methoxy groups -OCH3 is 1. The molecule has 1 atom stereocenters. The van der Waals surface area contributed by atoms with Crippen LogP contribution in [0.1, 0.15) is 28.0 Å². The van der Waals surface area contributed by atoms with Gasteiger partial charge in [0.2, 0.25) is 0 Å². The first kappa shape index (κ1) is 23.1. The average molecular weight is 456 g/mol. The first-order valence-corrected chi connectivity index (χ1v) is 11.1. The predicted molar refractivity (Wildman–Crippen MR) is 110 cm³/mol. The normalized spacial score (nSPS) is 17.9. The van der Waals surface area contributed by atoms with Crippen LogP contribution in [0.15, 0.2) is 22.8 Å². The number of ether oxygens (including phenoxy) is 2. The number of hydrogen-bond donors (Lipinski definition) is 2. The van der Waals surface area contributed by atoms with Gasteiger partial charge in [-0.3, -0.25) is 4.79 Å². The Labute approximate surface area is 179 Å². The van der Waals surface area contributed by atoms with Crippen LogP contribution in [0.3, 0.4) is 0 Å². The van der Waals surface area contributed by atoms with Crippen molar-refractivity contribution in [2.45, 2.75) is 26.4 Å². The quantitative estimate of drug-likeness (QED) is 0.648. The maximum Gasteiger partial charge on any atom is 0.304 e. The monoisotopic (exact) mass is 456 g/mol. The van der Waals surface area contributed by atoms with Crippen molar-refractivity contribution < 1.29 is 31.5 Å². The van der Waals surface area contributed by atoms with Gasteiger partial charge in [-0.2, -0.15) is 17.7 Å². The molecule has 1 aromatic heterocycles. The van der Waals surface area contributed by atoms with Crippen molar-refractivity contribution in [1.29, 1.82) is 0 Å². The van der Waals surface area contributed by atoms with Gasteiger partial charge in [0.1, 0.15) is 12.1 Å². The van der Waals surface area contributed by atoms with E-state index in [0.29, 0.717) is 29.8 Å². The van der Waals surface area contributed by atoms with E-state index in [4.69, 9.17) is 13.9 Å². The summed E-state index contributed by atoms with van der Waals surface area (Å²) in [6.07, 6.45) is 1.28. The Morgan fingerprint density at radius 1 is 1.32 bits per heavy atom. The van der Waals surface area contributed by atoms with Crippen molar-refractivity contribution in [2.75, 3.05) is 38.7 Å². The lowest BCUT2D eigenvalue weighted by Crippen LogP contribution is -2.44. The topological polar surface area (TPSA) is 123 Å². The standard InChI is InChI=1S/C19H25FN4O6S/c1-12-9-16(13(2)8-15(12)20)21-19-22-17(11-30-19)18(25)23-31(26,27)24-5-4-14(10-28-3)29-7-6-24/h8-9,11,14H,4-7,10H2,1-3H3,(H,21,22)(H,23,25)/t14-/m0/s1.